The summed E-state index contributed by atoms with van der Waals surface area (Å²) in [5, 5.41) is 21.0. The maximum Gasteiger partial charge on any atom is 0.335 e. The van der Waals surface area contributed by atoms with Gasteiger partial charge in [0.2, 0.25) is 0 Å². The molecule has 2 aromatic rings. The number of hydrogen-bond donors (Lipinski definition) is 3. The monoisotopic (exact) mass is 339 g/mol. The van der Waals surface area contributed by atoms with Crippen molar-refractivity contribution in [2.75, 3.05) is 5.32 Å². The van der Waals surface area contributed by atoms with Gasteiger partial charge in [-0.25, -0.2) is 4.79 Å². The van der Waals surface area contributed by atoms with Crippen LogP contribution in [0.5, 0.6) is 5.75 Å². The Morgan fingerprint density at radius 1 is 1.09 bits per heavy atom. The van der Waals surface area contributed by atoms with E-state index in [0.717, 1.165) is 0 Å². The molecule has 0 aliphatic carbocycles. The molecule has 0 bridgehead atoms. The van der Waals surface area contributed by atoms with Crippen LogP contribution >= 0.6 is 23.2 Å². The zero-order valence-electron chi connectivity index (χ0n) is 11.4. The highest BCUT2D eigenvalue weighted by Gasteiger charge is 2.13. The molecule has 1 amide bonds. The van der Waals surface area contributed by atoms with E-state index in [1.165, 1.54) is 24.3 Å². The lowest BCUT2D eigenvalue weighted by Crippen LogP contribution is -2.12. The number of carboxylic acid groups (broad SMARTS) is 1. The molecule has 7 heteroatoms. The number of hydrogen-bond acceptors (Lipinski definition) is 3. The van der Waals surface area contributed by atoms with E-state index in [4.69, 9.17) is 28.3 Å². The largest absolute Gasteiger partial charge is 0.505 e. The molecule has 2 rings (SSSR count). The molecule has 0 aliphatic rings. The molecule has 0 saturated heterocycles. The minimum absolute atomic E-state index is 0.0324. The van der Waals surface area contributed by atoms with Gasteiger partial charge < -0.3 is 15.5 Å². The molecule has 0 unspecified atom stereocenters. The highest BCUT2D eigenvalue weighted by Crippen LogP contribution is 2.32. The van der Waals surface area contributed by atoms with Crippen LogP contribution in [0.2, 0.25) is 10.0 Å². The summed E-state index contributed by atoms with van der Waals surface area (Å²) in [6.07, 6.45) is 0. The summed E-state index contributed by atoms with van der Waals surface area (Å²) in [7, 11) is 0. The van der Waals surface area contributed by atoms with Gasteiger partial charge in [-0.2, -0.15) is 0 Å². The van der Waals surface area contributed by atoms with Gasteiger partial charge in [0, 0.05) is 11.3 Å². The summed E-state index contributed by atoms with van der Waals surface area (Å²) in [5.74, 6) is -1.81. The van der Waals surface area contributed by atoms with Gasteiger partial charge >= 0.3 is 5.97 Å². The van der Waals surface area contributed by atoms with Crippen molar-refractivity contribution >= 4 is 40.8 Å². The maximum atomic E-state index is 12.1. The number of aryl methyl sites for hydroxylation is 1. The van der Waals surface area contributed by atoms with Crippen molar-refractivity contribution in [3.63, 3.8) is 0 Å². The summed E-state index contributed by atoms with van der Waals surface area (Å²) in [6, 6.07) is 7.01. The van der Waals surface area contributed by atoms with Gasteiger partial charge in [-0.3, -0.25) is 4.79 Å². The number of carbonyl (C=O) groups excluding carboxylic acids is 1. The van der Waals surface area contributed by atoms with E-state index in [0.29, 0.717) is 11.3 Å². The first-order chi connectivity index (χ1) is 10.3. The zero-order valence-corrected chi connectivity index (χ0v) is 12.9. The molecule has 0 saturated carbocycles. The van der Waals surface area contributed by atoms with Crippen LogP contribution in [0.15, 0.2) is 30.3 Å². The Labute approximate surface area is 136 Å². The lowest BCUT2D eigenvalue weighted by atomic mass is 10.1. The van der Waals surface area contributed by atoms with Crippen LogP contribution in [0.1, 0.15) is 26.3 Å². The fraction of sp³-hybridized carbons (Fsp3) is 0.0667. The van der Waals surface area contributed by atoms with Crippen molar-refractivity contribution in [2.24, 2.45) is 0 Å². The molecule has 0 heterocycles. The molecule has 114 valence electrons. The fourth-order valence-electron chi connectivity index (χ4n) is 1.88. The van der Waals surface area contributed by atoms with Crippen molar-refractivity contribution in [1.29, 1.82) is 0 Å². The van der Waals surface area contributed by atoms with Gasteiger partial charge in [0.05, 0.1) is 15.6 Å². The van der Waals surface area contributed by atoms with Gasteiger partial charge in [0.15, 0.2) is 5.75 Å². The maximum absolute atomic E-state index is 12.1. The summed E-state index contributed by atoms with van der Waals surface area (Å²) in [6.45, 7) is 1.63. The number of rotatable bonds is 3. The average Bonchev–Trinajstić information content (AvgIpc) is 2.43. The first kappa shape index (κ1) is 16.1. The van der Waals surface area contributed by atoms with E-state index in [1.54, 1.807) is 13.0 Å². The van der Waals surface area contributed by atoms with Crippen LogP contribution in [0.3, 0.4) is 0 Å². The Balaban J connectivity index is 2.26. The number of halogens is 2. The predicted octanol–water partition coefficient (Wildman–Crippen LogP) is 3.96. The minimum atomic E-state index is -1.03. The summed E-state index contributed by atoms with van der Waals surface area (Å²) < 4.78 is 0. The fourth-order valence-corrected chi connectivity index (χ4v) is 2.37. The average molecular weight is 340 g/mol. The van der Waals surface area contributed by atoms with E-state index < -0.39 is 11.9 Å². The van der Waals surface area contributed by atoms with Crippen molar-refractivity contribution in [2.45, 2.75) is 6.92 Å². The van der Waals surface area contributed by atoms with Gasteiger partial charge in [-0.15, -0.1) is 0 Å². The number of carbonyl (C=O) groups is 2. The normalized spacial score (nSPS) is 10.3. The number of anilines is 1. The highest BCUT2D eigenvalue weighted by molar-refractivity contribution is 6.37. The molecule has 2 aromatic carbocycles. The van der Waals surface area contributed by atoms with Crippen molar-refractivity contribution in [1.82, 2.24) is 0 Å². The molecule has 0 aromatic heterocycles. The quantitative estimate of drug-likeness (QED) is 0.789. The van der Waals surface area contributed by atoms with Gasteiger partial charge in [-0.05, 0) is 42.8 Å². The third kappa shape index (κ3) is 3.32. The van der Waals surface area contributed by atoms with E-state index in [-0.39, 0.29) is 26.9 Å². The standard InChI is InChI=1S/C15H11Cl2NO4/c1-7-4-9(2-3-10(7)15(21)22)18-14(20)8-5-11(16)13(19)12(17)6-8/h2-6,19H,1H3,(H,18,20)(H,21,22). The zero-order chi connectivity index (χ0) is 16.4. The van der Waals surface area contributed by atoms with Gasteiger partial charge in [0.25, 0.3) is 5.91 Å². The van der Waals surface area contributed by atoms with E-state index in [1.807, 2.05) is 0 Å². The lowest BCUT2D eigenvalue weighted by molar-refractivity contribution is 0.0696. The Kier molecular flexibility index (Phi) is 4.59. The summed E-state index contributed by atoms with van der Waals surface area (Å²) >= 11 is 11.5. The first-order valence-corrected chi connectivity index (χ1v) is 6.88. The number of carboxylic acids is 1. The molecule has 5 nitrogen and oxygen atoms in total. The van der Waals surface area contributed by atoms with E-state index in [2.05, 4.69) is 5.32 Å². The number of amides is 1. The third-order valence-electron chi connectivity index (χ3n) is 2.99. The summed E-state index contributed by atoms with van der Waals surface area (Å²) in [4.78, 5) is 23.1. The second-order valence-electron chi connectivity index (χ2n) is 4.58. The molecule has 0 atom stereocenters. The molecule has 0 fully saturated rings. The number of aromatic hydroxyl groups is 1. The molecule has 22 heavy (non-hydrogen) atoms. The van der Waals surface area contributed by atoms with Crippen LogP contribution in [-0.2, 0) is 0 Å². The van der Waals surface area contributed by atoms with Crippen LogP contribution in [0.25, 0.3) is 0 Å². The number of nitrogens with one attached hydrogen (secondary N) is 1. The molecule has 3 N–H and O–H groups in total. The number of aromatic carboxylic acids is 1. The molecular formula is C15H11Cl2NO4. The van der Waals surface area contributed by atoms with Gasteiger partial charge in [-0.1, -0.05) is 23.2 Å². The number of benzene rings is 2. The number of phenolic OH excluding ortho intramolecular Hbond substituents is 1. The van der Waals surface area contributed by atoms with Crippen LogP contribution in [-0.4, -0.2) is 22.1 Å². The van der Waals surface area contributed by atoms with E-state index >= 15 is 0 Å². The smallest absolute Gasteiger partial charge is 0.335 e. The Morgan fingerprint density at radius 2 is 1.68 bits per heavy atom. The molecular weight excluding hydrogens is 329 g/mol. The predicted molar refractivity (Wildman–Crippen MR) is 84.2 cm³/mol. The second-order valence-corrected chi connectivity index (χ2v) is 5.39. The SMILES string of the molecule is Cc1cc(NC(=O)c2cc(Cl)c(O)c(Cl)c2)ccc1C(=O)O. The Bertz CT molecular complexity index is 751. The Morgan fingerprint density at radius 3 is 2.18 bits per heavy atom. The van der Waals surface area contributed by atoms with Crippen molar-refractivity contribution in [3.05, 3.63) is 57.1 Å². The first-order valence-electron chi connectivity index (χ1n) is 6.13. The lowest BCUT2D eigenvalue weighted by Gasteiger charge is -2.09. The molecule has 0 aliphatic heterocycles. The molecule has 0 radical (unpaired) electrons. The highest BCUT2D eigenvalue weighted by atomic mass is 35.5. The van der Waals surface area contributed by atoms with Crippen LogP contribution < -0.4 is 5.32 Å². The Hall–Kier alpha value is -2.24. The van der Waals surface area contributed by atoms with Crippen molar-refractivity contribution in [3.8, 4) is 5.75 Å². The van der Waals surface area contributed by atoms with Gasteiger partial charge in [0.1, 0.15) is 0 Å². The minimum Gasteiger partial charge on any atom is -0.505 e. The number of phenols is 1. The topological polar surface area (TPSA) is 86.6 Å². The van der Waals surface area contributed by atoms with Crippen LogP contribution in [0, 0.1) is 6.92 Å². The molecule has 0 spiro atoms. The van der Waals surface area contributed by atoms with E-state index in [9.17, 15) is 14.7 Å². The third-order valence-corrected chi connectivity index (χ3v) is 3.57. The van der Waals surface area contributed by atoms with Crippen molar-refractivity contribution < 1.29 is 19.8 Å². The summed E-state index contributed by atoms with van der Waals surface area (Å²) in [5.41, 5.74) is 1.29. The second kappa shape index (κ2) is 6.25. The van der Waals surface area contributed by atoms with Crippen LogP contribution in [0.4, 0.5) is 5.69 Å².